The first-order chi connectivity index (χ1) is 11.3. The molecule has 6 nitrogen and oxygen atoms in total. The number of benzene rings is 2. The van der Waals surface area contributed by atoms with Crippen molar-refractivity contribution in [3.05, 3.63) is 47.8 Å². The Morgan fingerprint density at radius 3 is 2.62 bits per heavy atom. The first-order valence-electron chi connectivity index (χ1n) is 7.07. The van der Waals surface area contributed by atoms with Gasteiger partial charge in [-0.3, -0.25) is 9.52 Å². The zero-order valence-electron chi connectivity index (χ0n) is 13.0. The fraction of sp³-hybridized carbons (Fsp3) is 0.188. The maximum Gasteiger partial charge on any atom is 0.262 e. The summed E-state index contributed by atoms with van der Waals surface area (Å²) in [4.78, 5) is 13.0. The van der Waals surface area contributed by atoms with E-state index in [4.69, 9.17) is 4.74 Å². The molecule has 0 radical (unpaired) electrons. The standard InChI is InChI=1S/C16H15FN2O4S/c1-19-14-5-3-11(7-10(14)8-16(19)20)18-24(21,22)12-4-6-15(23-2)13(17)9-12/h3-7,9,18H,8H2,1-2H3. The van der Waals surface area contributed by atoms with E-state index in [1.54, 1.807) is 25.2 Å². The Balaban J connectivity index is 1.89. The van der Waals surface area contributed by atoms with E-state index in [1.165, 1.54) is 24.1 Å². The summed E-state index contributed by atoms with van der Waals surface area (Å²) >= 11 is 0. The van der Waals surface area contributed by atoms with E-state index in [0.29, 0.717) is 5.69 Å². The third kappa shape index (κ3) is 2.80. The monoisotopic (exact) mass is 350 g/mol. The second kappa shape index (κ2) is 5.79. The van der Waals surface area contributed by atoms with Crippen molar-refractivity contribution < 1.29 is 22.3 Å². The number of methoxy groups -OCH3 is 1. The number of sulfonamides is 1. The van der Waals surface area contributed by atoms with Gasteiger partial charge in [0, 0.05) is 18.4 Å². The molecule has 0 saturated heterocycles. The molecular formula is C16H15FN2O4S. The molecule has 2 aromatic rings. The number of halogens is 1. The molecular weight excluding hydrogens is 335 g/mol. The molecule has 1 aliphatic rings. The van der Waals surface area contributed by atoms with Crippen LogP contribution >= 0.6 is 0 Å². The summed E-state index contributed by atoms with van der Waals surface area (Å²) < 4.78 is 45.7. The lowest BCUT2D eigenvalue weighted by Gasteiger charge is -2.12. The number of ether oxygens (including phenoxy) is 1. The lowest BCUT2D eigenvalue weighted by Crippen LogP contribution is -2.20. The number of carbonyl (C=O) groups is 1. The molecule has 1 N–H and O–H groups in total. The van der Waals surface area contributed by atoms with E-state index in [1.807, 2.05) is 0 Å². The van der Waals surface area contributed by atoms with Gasteiger partial charge in [-0.15, -0.1) is 0 Å². The van der Waals surface area contributed by atoms with Gasteiger partial charge in [-0.2, -0.15) is 0 Å². The normalized spacial score (nSPS) is 13.8. The summed E-state index contributed by atoms with van der Waals surface area (Å²) in [6.45, 7) is 0. The van der Waals surface area contributed by atoms with Crippen LogP contribution in [0.3, 0.4) is 0 Å². The molecule has 0 unspecified atom stereocenters. The van der Waals surface area contributed by atoms with Crippen LogP contribution in [-0.4, -0.2) is 28.5 Å². The van der Waals surface area contributed by atoms with Crippen LogP contribution in [0.4, 0.5) is 15.8 Å². The summed E-state index contributed by atoms with van der Waals surface area (Å²) in [7, 11) is -0.985. The molecule has 0 aliphatic carbocycles. The van der Waals surface area contributed by atoms with Crippen molar-refractivity contribution in [1.82, 2.24) is 0 Å². The van der Waals surface area contributed by atoms with E-state index in [2.05, 4.69) is 4.72 Å². The zero-order chi connectivity index (χ0) is 17.5. The molecule has 3 rings (SSSR count). The van der Waals surface area contributed by atoms with Crippen LogP contribution in [0.1, 0.15) is 5.56 Å². The zero-order valence-corrected chi connectivity index (χ0v) is 13.9. The fourth-order valence-electron chi connectivity index (χ4n) is 2.56. The molecule has 0 atom stereocenters. The number of likely N-dealkylation sites (N-methyl/N-ethyl adjacent to an activating group) is 1. The highest BCUT2D eigenvalue weighted by Crippen LogP contribution is 2.31. The minimum absolute atomic E-state index is 0.0342. The van der Waals surface area contributed by atoms with Gasteiger partial charge in [-0.05, 0) is 42.0 Å². The van der Waals surface area contributed by atoms with Crippen LogP contribution in [0.5, 0.6) is 5.75 Å². The molecule has 1 aliphatic heterocycles. The van der Waals surface area contributed by atoms with Gasteiger partial charge in [0.25, 0.3) is 10.0 Å². The number of hydrogen-bond donors (Lipinski definition) is 1. The second-order valence-corrected chi connectivity index (χ2v) is 7.06. The Morgan fingerprint density at radius 2 is 1.96 bits per heavy atom. The number of rotatable bonds is 4. The highest BCUT2D eigenvalue weighted by Gasteiger charge is 2.25. The maximum atomic E-state index is 13.7. The van der Waals surface area contributed by atoms with Crippen molar-refractivity contribution in [3.63, 3.8) is 0 Å². The largest absolute Gasteiger partial charge is 0.494 e. The summed E-state index contributed by atoms with van der Waals surface area (Å²) in [6.07, 6.45) is 0.221. The smallest absolute Gasteiger partial charge is 0.262 e. The van der Waals surface area contributed by atoms with Crippen LogP contribution in [0.15, 0.2) is 41.3 Å². The van der Waals surface area contributed by atoms with Crippen LogP contribution in [0.2, 0.25) is 0 Å². The summed E-state index contributed by atoms with van der Waals surface area (Å²) in [5.41, 5.74) is 1.80. The van der Waals surface area contributed by atoms with Gasteiger partial charge in [-0.1, -0.05) is 0 Å². The molecule has 8 heteroatoms. The lowest BCUT2D eigenvalue weighted by molar-refractivity contribution is -0.117. The fourth-order valence-corrected chi connectivity index (χ4v) is 3.62. The number of amides is 1. The van der Waals surface area contributed by atoms with E-state index >= 15 is 0 Å². The number of fused-ring (bicyclic) bond motifs is 1. The highest BCUT2D eigenvalue weighted by molar-refractivity contribution is 7.92. The predicted octanol–water partition coefficient (Wildman–Crippen LogP) is 2.15. The van der Waals surface area contributed by atoms with Crippen LogP contribution in [0, 0.1) is 5.82 Å². The molecule has 0 aromatic heterocycles. The SMILES string of the molecule is COc1ccc(S(=O)(=O)Nc2ccc3c(c2)CC(=O)N3C)cc1F. The van der Waals surface area contributed by atoms with E-state index < -0.39 is 15.8 Å². The Bertz CT molecular complexity index is 928. The van der Waals surface area contributed by atoms with Crippen molar-refractivity contribution in [2.45, 2.75) is 11.3 Å². The topological polar surface area (TPSA) is 75.7 Å². The number of hydrogen-bond acceptors (Lipinski definition) is 4. The van der Waals surface area contributed by atoms with Crippen molar-refractivity contribution in [2.75, 3.05) is 23.8 Å². The van der Waals surface area contributed by atoms with E-state index in [-0.39, 0.29) is 23.0 Å². The third-order valence-electron chi connectivity index (χ3n) is 3.84. The van der Waals surface area contributed by atoms with E-state index in [9.17, 15) is 17.6 Å². The number of anilines is 2. The first kappa shape index (κ1) is 16.3. The van der Waals surface area contributed by atoms with Gasteiger partial charge in [0.2, 0.25) is 5.91 Å². The van der Waals surface area contributed by atoms with Gasteiger partial charge in [0.15, 0.2) is 11.6 Å². The third-order valence-corrected chi connectivity index (χ3v) is 5.22. The quantitative estimate of drug-likeness (QED) is 0.917. The average molecular weight is 350 g/mol. The minimum Gasteiger partial charge on any atom is -0.494 e. The Hall–Kier alpha value is -2.61. The molecule has 2 aromatic carbocycles. The van der Waals surface area contributed by atoms with Crippen molar-refractivity contribution in [1.29, 1.82) is 0 Å². The molecule has 24 heavy (non-hydrogen) atoms. The van der Waals surface area contributed by atoms with Gasteiger partial charge < -0.3 is 9.64 Å². The lowest BCUT2D eigenvalue weighted by atomic mass is 10.1. The molecule has 0 bridgehead atoms. The van der Waals surface area contributed by atoms with Crippen LogP contribution in [0.25, 0.3) is 0 Å². The molecule has 1 amide bonds. The van der Waals surface area contributed by atoms with Crippen LogP contribution in [-0.2, 0) is 21.2 Å². The number of nitrogens with zero attached hydrogens (tertiary/aromatic N) is 1. The van der Waals surface area contributed by atoms with E-state index in [0.717, 1.165) is 17.3 Å². The van der Waals surface area contributed by atoms with Crippen molar-refractivity contribution in [3.8, 4) is 5.75 Å². The van der Waals surface area contributed by atoms with Gasteiger partial charge >= 0.3 is 0 Å². The summed E-state index contributed by atoms with van der Waals surface area (Å²) in [5, 5.41) is 0. The molecule has 0 spiro atoms. The van der Waals surface area contributed by atoms with Gasteiger partial charge in [0.1, 0.15) is 0 Å². The second-order valence-electron chi connectivity index (χ2n) is 5.37. The summed E-state index contributed by atoms with van der Waals surface area (Å²) in [5.74, 6) is -0.850. The Labute approximate surface area is 138 Å². The number of carbonyl (C=O) groups excluding carboxylic acids is 1. The van der Waals surface area contributed by atoms with Crippen molar-refractivity contribution in [2.24, 2.45) is 0 Å². The molecule has 0 saturated carbocycles. The summed E-state index contributed by atoms with van der Waals surface area (Å²) in [6, 6.07) is 8.24. The van der Waals surface area contributed by atoms with Crippen LogP contribution < -0.4 is 14.4 Å². The average Bonchev–Trinajstić information content (AvgIpc) is 2.81. The van der Waals surface area contributed by atoms with Gasteiger partial charge in [-0.25, -0.2) is 12.8 Å². The molecule has 1 heterocycles. The van der Waals surface area contributed by atoms with Gasteiger partial charge in [0.05, 0.1) is 18.4 Å². The van der Waals surface area contributed by atoms with Crippen molar-refractivity contribution >= 4 is 27.3 Å². The molecule has 126 valence electrons. The number of nitrogens with one attached hydrogen (secondary N) is 1. The maximum absolute atomic E-state index is 13.7. The minimum atomic E-state index is -3.95. The first-order valence-corrected chi connectivity index (χ1v) is 8.56. The Kier molecular flexibility index (Phi) is 3.92. The predicted molar refractivity (Wildman–Crippen MR) is 87.3 cm³/mol. The highest BCUT2D eigenvalue weighted by atomic mass is 32.2. The Morgan fingerprint density at radius 1 is 1.21 bits per heavy atom. The molecule has 0 fully saturated rings.